The lowest BCUT2D eigenvalue weighted by Crippen LogP contribution is -2.33. The standard InChI is InChI=1S/C25H28N4O2/c1-18-10-11-26-23-9-8-21(16-22(18)23)25(31)28-17-19-4-6-20(7-5-19)24(30)27-12-15-29-13-2-3-14-29/h4-11,16H,2-3,12-15,17H2,1H3,(H,27,30)(H,28,31). The molecule has 1 saturated heterocycles. The number of likely N-dealkylation sites (tertiary alicyclic amines) is 1. The highest BCUT2D eigenvalue weighted by molar-refractivity contribution is 5.98. The number of aromatic nitrogens is 1. The lowest BCUT2D eigenvalue weighted by Gasteiger charge is -2.14. The van der Waals surface area contributed by atoms with E-state index in [0.717, 1.165) is 41.7 Å². The summed E-state index contributed by atoms with van der Waals surface area (Å²) in [5.74, 6) is -0.191. The van der Waals surface area contributed by atoms with Crippen molar-refractivity contribution < 1.29 is 9.59 Å². The second-order valence-electron chi connectivity index (χ2n) is 8.04. The molecule has 2 aromatic carbocycles. The Hall–Kier alpha value is -3.25. The Kier molecular flexibility index (Phi) is 6.57. The number of carbonyl (C=O) groups is 2. The van der Waals surface area contributed by atoms with Crippen LogP contribution < -0.4 is 10.6 Å². The van der Waals surface area contributed by atoms with E-state index in [9.17, 15) is 9.59 Å². The number of rotatable bonds is 7. The maximum absolute atomic E-state index is 12.6. The Morgan fingerprint density at radius 1 is 0.935 bits per heavy atom. The van der Waals surface area contributed by atoms with Crippen molar-refractivity contribution in [2.45, 2.75) is 26.3 Å². The zero-order chi connectivity index (χ0) is 21.6. The van der Waals surface area contributed by atoms with E-state index in [0.29, 0.717) is 24.2 Å². The molecule has 160 valence electrons. The number of nitrogens with one attached hydrogen (secondary N) is 2. The molecule has 0 atom stereocenters. The first-order chi connectivity index (χ1) is 15.1. The molecule has 1 aromatic heterocycles. The molecule has 2 amide bonds. The highest BCUT2D eigenvalue weighted by Gasteiger charge is 2.12. The molecule has 0 saturated carbocycles. The van der Waals surface area contributed by atoms with Gasteiger partial charge in [0.05, 0.1) is 5.52 Å². The fraction of sp³-hybridized carbons (Fsp3) is 0.320. The van der Waals surface area contributed by atoms with Crippen molar-refractivity contribution in [3.8, 4) is 0 Å². The second-order valence-corrected chi connectivity index (χ2v) is 8.04. The molecule has 31 heavy (non-hydrogen) atoms. The summed E-state index contributed by atoms with van der Waals surface area (Å²) >= 11 is 0. The summed E-state index contributed by atoms with van der Waals surface area (Å²) in [6.07, 6.45) is 4.28. The quantitative estimate of drug-likeness (QED) is 0.620. The fourth-order valence-corrected chi connectivity index (χ4v) is 3.92. The number of fused-ring (bicyclic) bond motifs is 1. The lowest BCUT2D eigenvalue weighted by atomic mass is 10.1. The number of amides is 2. The first kappa shape index (κ1) is 21.0. The van der Waals surface area contributed by atoms with Gasteiger partial charge in [0.2, 0.25) is 0 Å². The number of benzene rings is 2. The van der Waals surface area contributed by atoms with Gasteiger partial charge in [-0.1, -0.05) is 12.1 Å². The van der Waals surface area contributed by atoms with Crippen LogP contribution in [-0.4, -0.2) is 47.9 Å². The minimum Gasteiger partial charge on any atom is -0.351 e. The van der Waals surface area contributed by atoms with Crippen LogP contribution in [0.5, 0.6) is 0 Å². The van der Waals surface area contributed by atoms with Crippen LogP contribution in [-0.2, 0) is 6.54 Å². The number of carbonyl (C=O) groups excluding carboxylic acids is 2. The molecule has 2 heterocycles. The molecule has 0 bridgehead atoms. The van der Waals surface area contributed by atoms with Gasteiger partial charge in [0.1, 0.15) is 0 Å². The first-order valence-electron chi connectivity index (χ1n) is 10.8. The summed E-state index contributed by atoms with van der Waals surface area (Å²) in [5.41, 5.74) is 4.16. The van der Waals surface area contributed by atoms with Crippen LogP contribution in [0.25, 0.3) is 10.9 Å². The van der Waals surface area contributed by atoms with Crippen LogP contribution in [0.1, 0.15) is 44.7 Å². The monoisotopic (exact) mass is 416 g/mol. The van der Waals surface area contributed by atoms with Crippen molar-refractivity contribution in [3.05, 3.63) is 77.0 Å². The van der Waals surface area contributed by atoms with Gasteiger partial charge in [0, 0.05) is 42.3 Å². The van der Waals surface area contributed by atoms with Crippen LogP contribution in [0.4, 0.5) is 0 Å². The minimum absolute atomic E-state index is 0.0603. The zero-order valence-corrected chi connectivity index (χ0v) is 17.9. The summed E-state index contributed by atoms with van der Waals surface area (Å²) in [6, 6.07) is 14.8. The minimum atomic E-state index is -0.131. The smallest absolute Gasteiger partial charge is 0.251 e. The first-order valence-corrected chi connectivity index (χ1v) is 10.8. The molecule has 0 spiro atoms. The second kappa shape index (κ2) is 9.71. The number of nitrogens with zero attached hydrogens (tertiary/aromatic N) is 2. The predicted octanol–water partition coefficient (Wildman–Crippen LogP) is 3.30. The number of pyridine rings is 1. The molecule has 0 unspecified atom stereocenters. The van der Waals surface area contributed by atoms with E-state index in [1.54, 1.807) is 24.4 Å². The number of hydrogen-bond acceptors (Lipinski definition) is 4. The number of hydrogen-bond donors (Lipinski definition) is 2. The van der Waals surface area contributed by atoms with E-state index in [-0.39, 0.29) is 11.8 Å². The third-order valence-electron chi connectivity index (χ3n) is 5.80. The van der Waals surface area contributed by atoms with Crippen molar-refractivity contribution in [1.29, 1.82) is 0 Å². The highest BCUT2D eigenvalue weighted by atomic mass is 16.2. The normalized spacial score (nSPS) is 14.0. The molecule has 0 aliphatic carbocycles. The van der Waals surface area contributed by atoms with Crippen LogP contribution in [0.2, 0.25) is 0 Å². The molecule has 1 fully saturated rings. The van der Waals surface area contributed by atoms with E-state index in [1.807, 2.05) is 37.3 Å². The van der Waals surface area contributed by atoms with Gasteiger partial charge >= 0.3 is 0 Å². The Labute approximate surface area is 182 Å². The molecule has 6 nitrogen and oxygen atoms in total. The van der Waals surface area contributed by atoms with E-state index in [1.165, 1.54) is 12.8 Å². The third-order valence-corrected chi connectivity index (χ3v) is 5.80. The molecule has 3 aromatic rings. The predicted molar refractivity (Wildman–Crippen MR) is 122 cm³/mol. The van der Waals surface area contributed by atoms with Crippen LogP contribution in [0.3, 0.4) is 0 Å². The van der Waals surface area contributed by atoms with E-state index in [4.69, 9.17) is 0 Å². The van der Waals surface area contributed by atoms with Crippen LogP contribution >= 0.6 is 0 Å². The summed E-state index contributed by atoms with van der Waals surface area (Å²) < 4.78 is 0. The molecule has 0 radical (unpaired) electrons. The van der Waals surface area contributed by atoms with Gasteiger partial charge in [-0.15, -0.1) is 0 Å². The van der Waals surface area contributed by atoms with Crippen molar-refractivity contribution in [3.63, 3.8) is 0 Å². The zero-order valence-electron chi connectivity index (χ0n) is 17.9. The van der Waals surface area contributed by atoms with Gasteiger partial charge in [-0.05, 0) is 80.4 Å². The molecular weight excluding hydrogens is 388 g/mol. The SMILES string of the molecule is Cc1ccnc2ccc(C(=O)NCc3ccc(C(=O)NCCN4CCCC4)cc3)cc12. The van der Waals surface area contributed by atoms with E-state index >= 15 is 0 Å². The molecule has 6 heteroatoms. The molecule has 4 rings (SSSR count). The Bertz CT molecular complexity index is 1070. The fourth-order valence-electron chi connectivity index (χ4n) is 3.92. The Morgan fingerprint density at radius 3 is 2.42 bits per heavy atom. The number of aryl methyl sites for hydroxylation is 1. The topological polar surface area (TPSA) is 74.3 Å². The van der Waals surface area contributed by atoms with E-state index in [2.05, 4.69) is 20.5 Å². The maximum Gasteiger partial charge on any atom is 0.251 e. The molecule has 1 aliphatic rings. The summed E-state index contributed by atoms with van der Waals surface area (Å²) in [7, 11) is 0. The maximum atomic E-state index is 12.6. The summed E-state index contributed by atoms with van der Waals surface area (Å²) in [4.78, 5) is 31.6. The average Bonchev–Trinajstić information content (AvgIpc) is 3.31. The lowest BCUT2D eigenvalue weighted by molar-refractivity contribution is 0.0941. The largest absolute Gasteiger partial charge is 0.351 e. The van der Waals surface area contributed by atoms with Gasteiger partial charge in [0.25, 0.3) is 11.8 Å². The van der Waals surface area contributed by atoms with Crippen molar-refractivity contribution in [1.82, 2.24) is 20.5 Å². The van der Waals surface area contributed by atoms with Crippen LogP contribution in [0.15, 0.2) is 54.7 Å². The van der Waals surface area contributed by atoms with Gasteiger partial charge in [0.15, 0.2) is 0 Å². The molecule has 1 aliphatic heterocycles. The third kappa shape index (κ3) is 5.27. The average molecular weight is 417 g/mol. The Balaban J connectivity index is 1.29. The van der Waals surface area contributed by atoms with Gasteiger partial charge in [-0.25, -0.2) is 0 Å². The van der Waals surface area contributed by atoms with Crippen molar-refractivity contribution in [2.24, 2.45) is 0 Å². The van der Waals surface area contributed by atoms with E-state index < -0.39 is 0 Å². The molecule has 2 N–H and O–H groups in total. The summed E-state index contributed by atoms with van der Waals surface area (Å²) in [5, 5.41) is 6.91. The van der Waals surface area contributed by atoms with Gasteiger partial charge in [-0.2, -0.15) is 0 Å². The van der Waals surface area contributed by atoms with Gasteiger partial charge < -0.3 is 15.5 Å². The Morgan fingerprint density at radius 2 is 1.65 bits per heavy atom. The van der Waals surface area contributed by atoms with Crippen LogP contribution in [0, 0.1) is 6.92 Å². The van der Waals surface area contributed by atoms with Crippen molar-refractivity contribution in [2.75, 3.05) is 26.2 Å². The van der Waals surface area contributed by atoms with Crippen molar-refractivity contribution >= 4 is 22.7 Å². The van der Waals surface area contributed by atoms with Gasteiger partial charge in [-0.3, -0.25) is 14.6 Å². The highest BCUT2D eigenvalue weighted by Crippen LogP contribution is 2.18. The molecular formula is C25H28N4O2. The summed E-state index contributed by atoms with van der Waals surface area (Å²) in [6.45, 7) is 6.24.